The van der Waals surface area contributed by atoms with Crippen molar-refractivity contribution in [3.63, 3.8) is 0 Å². The number of anilines is 1. The standard InChI is InChI=1S/C21H24Cl2N2O3/c1-27-19-6-4-16(12-20(19)28-2)24-21(26)15-7-9-25(10-8-15)13-14-3-5-17(22)18(23)11-14/h3-6,11-12,15H,7-10,13H2,1-2H3,(H,24,26). The lowest BCUT2D eigenvalue weighted by Gasteiger charge is -2.31. The highest BCUT2D eigenvalue weighted by Crippen LogP contribution is 2.30. The lowest BCUT2D eigenvalue weighted by molar-refractivity contribution is -0.121. The fourth-order valence-corrected chi connectivity index (χ4v) is 3.73. The van der Waals surface area contributed by atoms with Crippen molar-refractivity contribution in [2.24, 2.45) is 5.92 Å². The Kier molecular flexibility index (Phi) is 7.05. The van der Waals surface area contributed by atoms with Gasteiger partial charge in [0.2, 0.25) is 5.91 Å². The number of ether oxygens (including phenoxy) is 2. The van der Waals surface area contributed by atoms with Gasteiger partial charge in [0.05, 0.1) is 24.3 Å². The van der Waals surface area contributed by atoms with E-state index in [4.69, 9.17) is 32.7 Å². The number of likely N-dealkylation sites (tertiary alicyclic amines) is 1. The van der Waals surface area contributed by atoms with Gasteiger partial charge in [0.15, 0.2) is 11.5 Å². The molecule has 1 N–H and O–H groups in total. The van der Waals surface area contributed by atoms with E-state index in [2.05, 4.69) is 10.2 Å². The zero-order valence-corrected chi connectivity index (χ0v) is 17.5. The van der Waals surface area contributed by atoms with Crippen LogP contribution in [-0.4, -0.2) is 38.1 Å². The smallest absolute Gasteiger partial charge is 0.227 e. The lowest BCUT2D eigenvalue weighted by atomic mass is 9.95. The molecule has 0 radical (unpaired) electrons. The third-order valence-electron chi connectivity index (χ3n) is 5.00. The molecule has 150 valence electrons. The second-order valence-electron chi connectivity index (χ2n) is 6.86. The predicted octanol–water partition coefficient (Wildman–Crippen LogP) is 4.86. The van der Waals surface area contributed by atoms with Gasteiger partial charge in [-0.25, -0.2) is 0 Å². The van der Waals surface area contributed by atoms with Gasteiger partial charge in [0, 0.05) is 24.2 Å². The van der Waals surface area contributed by atoms with Gasteiger partial charge >= 0.3 is 0 Å². The number of halogens is 2. The Hall–Kier alpha value is -1.95. The van der Waals surface area contributed by atoms with E-state index in [-0.39, 0.29) is 11.8 Å². The molecular weight excluding hydrogens is 399 g/mol. The van der Waals surface area contributed by atoms with Gasteiger partial charge < -0.3 is 14.8 Å². The first-order valence-corrected chi connectivity index (χ1v) is 9.95. The van der Waals surface area contributed by atoms with Crippen LogP contribution >= 0.6 is 23.2 Å². The summed E-state index contributed by atoms with van der Waals surface area (Å²) in [6, 6.07) is 11.1. The molecule has 0 saturated carbocycles. The summed E-state index contributed by atoms with van der Waals surface area (Å²) in [4.78, 5) is 15.0. The number of amides is 1. The second-order valence-corrected chi connectivity index (χ2v) is 7.67. The summed E-state index contributed by atoms with van der Waals surface area (Å²) in [5.74, 6) is 1.27. The van der Waals surface area contributed by atoms with E-state index < -0.39 is 0 Å². The van der Waals surface area contributed by atoms with E-state index in [1.807, 2.05) is 24.3 Å². The third kappa shape index (κ3) is 5.10. The summed E-state index contributed by atoms with van der Waals surface area (Å²) < 4.78 is 10.5. The highest BCUT2D eigenvalue weighted by Gasteiger charge is 2.25. The van der Waals surface area contributed by atoms with Crippen LogP contribution in [0.4, 0.5) is 5.69 Å². The lowest BCUT2D eigenvalue weighted by Crippen LogP contribution is -2.37. The molecule has 1 saturated heterocycles. The number of rotatable bonds is 6. The normalized spacial score (nSPS) is 15.3. The second kappa shape index (κ2) is 9.50. The van der Waals surface area contributed by atoms with Crippen molar-refractivity contribution in [2.45, 2.75) is 19.4 Å². The average molecular weight is 423 g/mol. The summed E-state index contributed by atoms with van der Waals surface area (Å²) in [6.07, 6.45) is 1.64. The molecule has 5 nitrogen and oxygen atoms in total. The number of nitrogens with one attached hydrogen (secondary N) is 1. The zero-order chi connectivity index (χ0) is 20.1. The first kappa shape index (κ1) is 20.8. The summed E-state index contributed by atoms with van der Waals surface area (Å²) in [6.45, 7) is 2.54. The van der Waals surface area contributed by atoms with Crippen molar-refractivity contribution < 1.29 is 14.3 Å². The first-order valence-electron chi connectivity index (χ1n) is 9.19. The van der Waals surface area contributed by atoms with Gasteiger partial charge in [-0.1, -0.05) is 29.3 Å². The minimum Gasteiger partial charge on any atom is -0.493 e. The van der Waals surface area contributed by atoms with Crippen LogP contribution in [0, 0.1) is 5.92 Å². The van der Waals surface area contributed by atoms with Crippen LogP contribution < -0.4 is 14.8 Å². The highest BCUT2D eigenvalue weighted by molar-refractivity contribution is 6.42. The average Bonchev–Trinajstić information content (AvgIpc) is 2.71. The van der Waals surface area contributed by atoms with Crippen LogP contribution in [0.2, 0.25) is 10.0 Å². The van der Waals surface area contributed by atoms with Crippen molar-refractivity contribution in [3.8, 4) is 11.5 Å². The van der Waals surface area contributed by atoms with E-state index >= 15 is 0 Å². The molecule has 0 aliphatic carbocycles. The Labute approximate surface area is 175 Å². The third-order valence-corrected chi connectivity index (χ3v) is 5.74. The molecule has 2 aromatic rings. The van der Waals surface area contributed by atoms with Crippen molar-refractivity contribution in [2.75, 3.05) is 32.6 Å². The zero-order valence-electron chi connectivity index (χ0n) is 16.0. The van der Waals surface area contributed by atoms with Crippen LogP contribution in [0.1, 0.15) is 18.4 Å². The van der Waals surface area contributed by atoms with Crippen LogP contribution in [0.25, 0.3) is 0 Å². The fourth-order valence-electron chi connectivity index (χ4n) is 3.41. The summed E-state index contributed by atoms with van der Waals surface area (Å²) >= 11 is 12.1. The predicted molar refractivity (Wildman–Crippen MR) is 113 cm³/mol. The number of carbonyl (C=O) groups is 1. The van der Waals surface area contributed by atoms with Crippen LogP contribution in [0.5, 0.6) is 11.5 Å². The monoisotopic (exact) mass is 422 g/mol. The summed E-state index contributed by atoms with van der Waals surface area (Å²) in [7, 11) is 3.16. The molecule has 0 bridgehead atoms. The molecule has 3 rings (SSSR count). The van der Waals surface area contributed by atoms with E-state index in [1.54, 1.807) is 26.4 Å². The Morgan fingerprint density at radius 2 is 1.75 bits per heavy atom. The van der Waals surface area contributed by atoms with Crippen molar-refractivity contribution in [1.82, 2.24) is 4.90 Å². The van der Waals surface area contributed by atoms with Gasteiger partial charge in [-0.3, -0.25) is 9.69 Å². The van der Waals surface area contributed by atoms with E-state index in [9.17, 15) is 4.79 Å². The van der Waals surface area contributed by atoms with Crippen LogP contribution in [0.3, 0.4) is 0 Å². The topological polar surface area (TPSA) is 50.8 Å². The molecule has 0 aromatic heterocycles. The molecule has 0 unspecified atom stereocenters. The van der Waals surface area contributed by atoms with Crippen molar-refractivity contribution in [3.05, 3.63) is 52.0 Å². The van der Waals surface area contributed by atoms with Gasteiger partial charge in [-0.2, -0.15) is 0 Å². The number of benzene rings is 2. The Morgan fingerprint density at radius 3 is 2.39 bits per heavy atom. The maximum Gasteiger partial charge on any atom is 0.227 e. The molecule has 0 atom stereocenters. The minimum atomic E-state index is -0.00171. The molecule has 1 aliphatic heterocycles. The van der Waals surface area contributed by atoms with Crippen LogP contribution in [0.15, 0.2) is 36.4 Å². The van der Waals surface area contributed by atoms with E-state index in [0.29, 0.717) is 27.2 Å². The molecule has 1 fully saturated rings. The molecule has 2 aromatic carbocycles. The molecule has 28 heavy (non-hydrogen) atoms. The molecule has 0 spiro atoms. The van der Waals surface area contributed by atoms with Gasteiger partial charge in [0.25, 0.3) is 0 Å². The quantitative estimate of drug-likeness (QED) is 0.721. The summed E-state index contributed by atoms with van der Waals surface area (Å²) in [5, 5.41) is 4.13. The van der Waals surface area contributed by atoms with E-state index in [1.165, 1.54) is 0 Å². The van der Waals surface area contributed by atoms with Gasteiger partial charge in [0.1, 0.15) is 0 Å². The SMILES string of the molecule is COc1ccc(NC(=O)C2CCN(Cc3ccc(Cl)c(Cl)c3)CC2)cc1OC. The number of piperidine rings is 1. The molecule has 7 heteroatoms. The Morgan fingerprint density at radius 1 is 1.04 bits per heavy atom. The van der Waals surface area contributed by atoms with E-state index in [0.717, 1.165) is 38.0 Å². The van der Waals surface area contributed by atoms with Crippen molar-refractivity contribution in [1.29, 1.82) is 0 Å². The molecule has 1 heterocycles. The number of nitrogens with zero attached hydrogens (tertiary/aromatic N) is 1. The van der Waals surface area contributed by atoms with Gasteiger partial charge in [-0.15, -0.1) is 0 Å². The summed E-state index contributed by atoms with van der Waals surface area (Å²) in [5.41, 5.74) is 1.84. The minimum absolute atomic E-state index is 0.00171. The highest BCUT2D eigenvalue weighted by atomic mass is 35.5. The van der Waals surface area contributed by atoms with Gasteiger partial charge in [-0.05, 0) is 55.8 Å². The maximum absolute atomic E-state index is 12.6. The largest absolute Gasteiger partial charge is 0.493 e. The number of methoxy groups -OCH3 is 2. The Balaban J connectivity index is 1.53. The molecular formula is C21H24Cl2N2O3. The maximum atomic E-state index is 12.6. The number of hydrogen-bond donors (Lipinski definition) is 1. The molecule has 1 aliphatic rings. The Bertz CT molecular complexity index is 836. The van der Waals surface area contributed by atoms with Crippen LogP contribution in [-0.2, 0) is 11.3 Å². The molecule has 1 amide bonds. The van der Waals surface area contributed by atoms with Crippen molar-refractivity contribution >= 4 is 34.8 Å². The fraction of sp³-hybridized carbons (Fsp3) is 0.381. The number of hydrogen-bond acceptors (Lipinski definition) is 4. The number of carbonyl (C=O) groups excluding carboxylic acids is 1. The first-order chi connectivity index (χ1) is 13.5.